The lowest BCUT2D eigenvalue weighted by molar-refractivity contribution is 0.239. The van der Waals surface area contributed by atoms with Crippen molar-refractivity contribution < 1.29 is 4.39 Å². The van der Waals surface area contributed by atoms with Crippen molar-refractivity contribution in [3.63, 3.8) is 0 Å². The van der Waals surface area contributed by atoms with Gasteiger partial charge in [0.1, 0.15) is 5.82 Å². The number of rotatable bonds is 4. The lowest BCUT2D eigenvalue weighted by Crippen LogP contribution is -2.32. The van der Waals surface area contributed by atoms with Gasteiger partial charge in [-0.2, -0.15) is 0 Å². The van der Waals surface area contributed by atoms with Crippen molar-refractivity contribution in [3.8, 4) is 0 Å². The SMILES string of the molecule is CCNCC1CCC(C)CC1c1cc(C)ccc1F. The van der Waals surface area contributed by atoms with E-state index < -0.39 is 0 Å². The summed E-state index contributed by atoms with van der Waals surface area (Å²) in [6.45, 7) is 8.49. The molecule has 1 aliphatic carbocycles. The lowest BCUT2D eigenvalue weighted by Gasteiger charge is -2.35. The Balaban J connectivity index is 2.23. The van der Waals surface area contributed by atoms with E-state index in [1.807, 2.05) is 6.07 Å². The molecule has 1 saturated carbocycles. The first kappa shape index (κ1) is 14.5. The van der Waals surface area contributed by atoms with Gasteiger partial charge in [0.2, 0.25) is 0 Å². The van der Waals surface area contributed by atoms with Crippen LogP contribution in [0.3, 0.4) is 0 Å². The fourth-order valence-electron chi connectivity index (χ4n) is 3.35. The average Bonchev–Trinajstić information content (AvgIpc) is 2.40. The van der Waals surface area contributed by atoms with Crippen molar-refractivity contribution >= 4 is 0 Å². The molecule has 0 bridgehead atoms. The van der Waals surface area contributed by atoms with Crippen LogP contribution in [0, 0.1) is 24.6 Å². The molecule has 1 N–H and O–H groups in total. The van der Waals surface area contributed by atoms with E-state index in [0.717, 1.165) is 30.6 Å². The first-order valence-corrected chi connectivity index (χ1v) is 7.58. The lowest BCUT2D eigenvalue weighted by atomic mass is 9.71. The molecule has 1 aromatic carbocycles. The van der Waals surface area contributed by atoms with Crippen molar-refractivity contribution in [1.29, 1.82) is 0 Å². The van der Waals surface area contributed by atoms with Crippen LogP contribution in [0.4, 0.5) is 4.39 Å². The highest BCUT2D eigenvalue weighted by Gasteiger charge is 2.31. The Morgan fingerprint density at radius 3 is 2.84 bits per heavy atom. The van der Waals surface area contributed by atoms with Crippen molar-refractivity contribution in [2.75, 3.05) is 13.1 Å². The molecular weight excluding hydrogens is 237 g/mol. The van der Waals surface area contributed by atoms with Gasteiger partial charge in [-0.25, -0.2) is 4.39 Å². The fourth-order valence-corrected chi connectivity index (χ4v) is 3.35. The number of hydrogen-bond acceptors (Lipinski definition) is 1. The monoisotopic (exact) mass is 263 g/mol. The minimum Gasteiger partial charge on any atom is -0.317 e. The quantitative estimate of drug-likeness (QED) is 0.855. The maximum atomic E-state index is 14.2. The predicted octanol–water partition coefficient (Wildman–Crippen LogP) is 4.26. The second-order valence-electron chi connectivity index (χ2n) is 6.12. The average molecular weight is 263 g/mol. The maximum Gasteiger partial charge on any atom is 0.126 e. The summed E-state index contributed by atoms with van der Waals surface area (Å²) >= 11 is 0. The van der Waals surface area contributed by atoms with Gasteiger partial charge in [-0.3, -0.25) is 0 Å². The second-order valence-corrected chi connectivity index (χ2v) is 6.12. The van der Waals surface area contributed by atoms with Crippen LogP contribution < -0.4 is 5.32 Å². The largest absolute Gasteiger partial charge is 0.317 e. The van der Waals surface area contributed by atoms with Gasteiger partial charge in [0.15, 0.2) is 0 Å². The molecule has 0 aliphatic heterocycles. The molecule has 1 nitrogen and oxygen atoms in total. The molecular formula is C17H26FN. The van der Waals surface area contributed by atoms with Crippen LogP contribution in [0.5, 0.6) is 0 Å². The first-order chi connectivity index (χ1) is 9.11. The first-order valence-electron chi connectivity index (χ1n) is 7.58. The Morgan fingerprint density at radius 2 is 2.11 bits per heavy atom. The van der Waals surface area contributed by atoms with Gasteiger partial charge in [-0.1, -0.05) is 38.0 Å². The molecule has 0 saturated heterocycles. The molecule has 1 aliphatic rings. The number of nitrogens with one attached hydrogen (secondary N) is 1. The van der Waals surface area contributed by atoms with Gasteiger partial charge >= 0.3 is 0 Å². The summed E-state index contributed by atoms with van der Waals surface area (Å²) in [6.07, 6.45) is 3.61. The molecule has 0 heterocycles. The van der Waals surface area contributed by atoms with E-state index in [9.17, 15) is 4.39 Å². The van der Waals surface area contributed by atoms with Crippen molar-refractivity contribution in [2.24, 2.45) is 11.8 Å². The van der Waals surface area contributed by atoms with Crippen LogP contribution in [-0.4, -0.2) is 13.1 Å². The Bertz CT molecular complexity index is 414. The molecule has 3 atom stereocenters. The van der Waals surface area contributed by atoms with Crippen LogP contribution >= 0.6 is 0 Å². The standard InChI is InChI=1S/C17H26FN/c1-4-19-11-14-7-5-12(2)9-15(14)16-10-13(3)6-8-17(16)18/h6,8,10,12,14-15,19H,4-5,7,9,11H2,1-3H3. The third kappa shape index (κ3) is 3.56. The smallest absolute Gasteiger partial charge is 0.126 e. The van der Waals surface area contributed by atoms with Gasteiger partial charge in [-0.15, -0.1) is 0 Å². The van der Waals surface area contributed by atoms with Crippen molar-refractivity contribution in [2.45, 2.75) is 46.0 Å². The normalized spacial score (nSPS) is 27.5. The number of aryl methyl sites for hydroxylation is 1. The van der Waals surface area contributed by atoms with E-state index in [0.29, 0.717) is 17.8 Å². The predicted molar refractivity (Wildman–Crippen MR) is 78.9 cm³/mol. The van der Waals surface area contributed by atoms with Gasteiger partial charge in [-0.05, 0) is 62.2 Å². The number of halogens is 1. The Morgan fingerprint density at radius 1 is 1.32 bits per heavy atom. The van der Waals surface area contributed by atoms with Crippen LogP contribution in [0.15, 0.2) is 18.2 Å². The minimum absolute atomic E-state index is 0.0220. The molecule has 0 spiro atoms. The van der Waals surface area contributed by atoms with Gasteiger partial charge in [0, 0.05) is 0 Å². The molecule has 3 unspecified atom stereocenters. The third-order valence-electron chi connectivity index (χ3n) is 4.46. The molecule has 1 aromatic rings. The van der Waals surface area contributed by atoms with Crippen LogP contribution in [0.2, 0.25) is 0 Å². The number of hydrogen-bond donors (Lipinski definition) is 1. The topological polar surface area (TPSA) is 12.0 Å². The zero-order valence-electron chi connectivity index (χ0n) is 12.4. The van der Waals surface area contributed by atoms with Crippen molar-refractivity contribution in [3.05, 3.63) is 35.1 Å². The zero-order valence-corrected chi connectivity index (χ0v) is 12.4. The number of benzene rings is 1. The van der Waals surface area contributed by atoms with Gasteiger partial charge < -0.3 is 5.32 Å². The van der Waals surface area contributed by atoms with Crippen LogP contribution in [0.25, 0.3) is 0 Å². The van der Waals surface area contributed by atoms with Crippen LogP contribution in [0.1, 0.15) is 50.2 Å². The van der Waals surface area contributed by atoms with E-state index in [1.54, 1.807) is 6.07 Å². The summed E-state index contributed by atoms with van der Waals surface area (Å²) in [5.74, 6) is 1.64. The highest BCUT2D eigenvalue weighted by atomic mass is 19.1. The fraction of sp³-hybridized carbons (Fsp3) is 0.647. The van der Waals surface area contributed by atoms with E-state index in [-0.39, 0.29) is 5.82 Å². The summed E-state index contributed by atoms with van der Waals surface area (Å²) in [5.41, 5.74) is 2.10. The van der Waals surface area contributed by atoms with E-state index in [1.165, 1.54) is 12.8 Å². The second kappa shape index (κ2) is 6.51. The van der Waals surface area contributed by atoms with E-state index >= 15 is 0 Å². The van der Waals surface area contributed by atoms with Gasteiger partial charge in [0.25, 0.3) is 0 Å². The molecule has 0 amide bonds. The molecule has 0 radical (unpaired) electrons. The van der Waals surface area contributed by atoms with E-state index in [2.05, 4.69) is 32.2 Å². The highest BCUT2D eigenvalue weighted by Crippen LogP contribution is 2.41. The van der Waals surface area contributed by atoms with Crippen LogP contribution in [-0.2, 0) is 0 Å². The summed E-state index contributed by atoms with van der Waals surface area (Å²) in [4.78, 5) is 0. The van der Waals surface area contributed by atoms with E-state index in [4.69, 9.17) is 0 Å². The molecule has 0 aromatic heterocycles. The summed E-state index contributed by atoms with van der Waals surface area (Å²) in [5, 5.41) is 3.44. The molecule has 19 heavy (non-hydrogen) atoms. The summed E-state index contributed by atoms with van der Waals surface area (Å²) < 4.78 is 14.2. The third-order valence-corrected chi connectivity index (χ3v) is 4.46. The molecule has 1 fully saturated rings. The highest BCUT2D eigenvalue weighted by molar-refractivity contribution is 5.28. The Labute approximate surface area is 116 Å². The molecule has 2 heteroatoms. The van der Waals surface area contributed by atoms with Crippen molar-refractivity contribution in [1.82, 2.24) is 5.32 Å². The Hall–Kier alpha value is -0.890. The summed E-state index contributed by atoms with van der Waals surface area (Å²) in [7, 11) is 0. The summed E-state index contributed by atoms with van der Waals surface area (Å²) in [6, 6.07) is 5.55. The molecule has 106 valence electrons. The molecule has 2 rings (SSSR count). The minimum atomic E-state index is -0.0220. The van der Waals surface area contributed by atoms with Gasteiger partial charge in [0.05, 0.1) is 0 Å². The maximum absolute atomic E-state index is 14.2. The zero-order chi connectivity index (χ0) is 13.8. The Kier molecular flexibility index (Phi) is 4.98.